The summed E-state index contributed by atoms with van der Waals surface area (Å²) in [4.78, 5) is 13.9. The molecule has 0 saturated heterocycles. The fourth-order valence-electron chi connectivity index (χ4n) is 2.13. The van der Waals surface area contributed by atoms with Crippen LogP contribution in [0.4, 0.5) is 13.2 Å². The number of hydrogen-bond acceptors (Lipinski definition) is 3. The van der Waals surface area contributed by atoms with Gasteiger partial charge in [0.2, 0.25) is 0 Å². The van der Waals surface area contributed by atoms with E-state index < -0.39 is 23.3 Å². The first-order valence-electron chi connectivity index (χ1n) is 6.05. The number of nitriles is 1. The molecule has 1 aromatic carbocycles. The second kappa shape index (κ2) is 5.48. The van der Waals surface area contributed by atoms with Gasteiger partial charge in [-0.2, -0.15) is 18.4 Å². The zero-order chi connectivity index (χ0) is 15.6. The minimum atomic E-state index is -4.62. The van der Waals surface area contributed by atoms with Crippen LogP contribution in [0.15, 0.2) is 18.2 Å². The summed E-state index contributed by atoms with van der Waals surface area (Å²) in [6.45, 7) is 0. The predicted molar refractivity (Wildman–Crippen MR) is 68.4 cm³/mol. The summed E-state index contributed by atoms with van der Waals surface area (Å²) in [6.07, 6.45) is -4.32. The normalized spacial score (nSPS) is 11.4. The van der Waals surface area contributed by atoms with Gasteiger partial charge in [-0.3, -0.25) is 4.79 Å². The number of carbonyl (C=O) groups is 1. The van der Waals surface area contributed by atoms with Crippen LogP contribution in [0.25, 0.3) is 10.9 Å². The lowest BCUT2D eigenvalue weighted by atomic mass is 10.0. The topological polar surface area (TPSA) is 65.9 Å². The maximum atomic E-state index is 13.1. The molecule has 0 fully saturated rings. The van der Waals surface area contributed by atoms with E-state index in [1.165, 1.54) is 19.2 Å². The molecule has 0 saturated carbocycles. The van der Waals surface area contributed by atoms with Gasteiger partial charge >= 0.3 is 12.1 Å². The summed E-state index contributed by atoms with van der Waals surface area (Å²) in [5, 5.41) is 8.77. The Morgan fingerprint density at radius 3 is 2.71 bits per heavy atom. The molecule has 1 aromatic heterocycles. The van der Waals surface area contributed by atoms with E-state index in [0.717, 1.165) is 6.07 Å². The first-order valence-corrected chi connectivity index (χ1v) is 6.05. The number of hydrogen-bond donors (Lipinski definition) is 1. The Labute approximate surface area is 118 Å². The maximum Gasteiger partial charge on any atom is 0.418 e. The number of H-pyrrole nitrogens is 1. The highest BCUT2D eigenvalue weighted by molar-refractivity contribution is 5.86. The Balaban J connectivity index is 2.48. The molecule has 0 atom stereocenters. The summed E-state index contributed by atoms with van der Waals surface area (Å²) >= 11 is 0. The molecule has 0 unspecified atom stereocenters. The number of benzene rings is 1. The van der Waals surface area contributed by atoms with Crippen molar-refractivity contribution in [2.75, 3.05) is 7.11 Å². The van der Waals surface area contributed by atoms with E-state index in [1.807, 2.05) is 0 Å². The third kappa shape index (κ3) is 2.99. The molecule has 110 valence electrons. The van der Waals surface area contributed by atoms with E-state index in [9.17, 15) is 18.0 Å². The fourth-order valence-corrected chi connectivity index (χ4v) is 2.13. The Bertz CT molecular complexity index is 726. The van der Waals surface area contributed by atoms with E-state index in [0.29, 0.717) is 5.69 Å². The van der Waals surface area contributed by atoms with Gasteiger partial charge in [0, 0.05) is 16.6 Å². The number of rotatable bonds is 3. The highest BCUT2D eigenvalue weighted by Crippen LogP contribution is 2.37. The molecule has 2 rings (SSSR count). The first kappa shape index (κ1) is 14.9. The van der Waals surface area contributed by atoms with Gasteiger partial charge in [0.05, 0.1) is 30.7 Å². The smallest absolute Gasteiger partial charge is 0.418 e. The lowest BCUT2D eigenvalue weighted by molar-refractivity contribution is -0.140. The minimum absolute atomic E-state index is 0.0653. The summed E-state index contributed by atoms with van der Waals surface area (Å²) in [5.41, 5.74) is -0.617. The van der Waals surface area contributed by atoms with Crippen molar-refractivity contribution in [2.24, 2.45) is 0 Å². The van der Waals surface area contributed by atoms with Crippen molar-refractivity contribution in [3.05, 3.63) is 35.0 Å². The molecule has 7 heteroatoms. The van der Waals surface area contributed by atoms with Gasteiger partial charge in [0.15, 0.2) is 0 Å². The zero-order valence-electron chi connectivity index (χ0n) is 11.0. The lowest BCUT2D eigenvalue weighted by Crippen LogP contribution is -2.08. The predicted octanol–water partition coefficient (Wildman–Crippen LogP) is 3.16. The van der Waals surface area contributed by atoms with E-state index in [4.69, 9.17) is 5.26 Å². The molecule has 0 aliphatic heterocycles. The Hall–Kier alpha value is -2.49. The van der Waals surface area contributed by atoms with Crippen LogP contribution in [-0.2, 0) is 22.1 Å². The Morgan fingerprint density at radius 1 is 1.43 bits per heavy atom. The maximum absolute atomic E-state index is 13.1. The number of fused-ring (bicyclic) bond motifs is 1. The van der Waals surface area contributed by atoms with Crippen molar-refractivity contribution in [3.63, 3.8) is 0 Å². The number of aryl methyl sites for hydroxylation is 1. The molecule has 21 heavy (non-hydrogen) atoms. The van der Waals surface area contributed by atoms with Crippen LogP contribution < -0.4 is 0 Å². The number of aromatic nitrogens is 1. The largest absolute Gasteiger partial charge is 0.469 e. The summed E-state index contributed by atoms with van der Waals surface area (Å²) < 4.78 is 43.8. The molecule has 1 N–H and O–H groups in total. The summed E-state index contributed by atoms with van der Waals surface area (Å²) in [7, 11) is 1.24. The van der Waals surface area contributed by atoms with Crippen LogP contribution >= 0.6 is 0 Å². The van der Waals surface area contributed by atoms with Gasteiger partial charge in [-0.25, -0.2) is 0 Å². The SMILES string of the molecule is COC(=O)CCc1cc2c(C(F)(F)F)c(C#N)ccc2[nH]1. The van der Waals surface area contributed by atoms with Gasteiger partial charge in [0.1, 0.15) is 0 Å². The zero-order valence-corrected chi connectivity index (χ0v) is 11.0. The van der Waals surface area contributed by atoms with Crippen molar-refractivity contribution in [3.8, 4) is 6.07 Å². The third-order valence-corrected chi connectivity index (χ3v) is 3.09. The first-order chi connectivity index (χ1) is 9.86. The van der Waals surface area contributed by atoms with Crippen LogP contribution in [0.1, 0.15) is 23.2 Å². The van der Waals surface area contributed by atoms with Gasteiger partial charge in [-0.15, -0.1) is 0 Å². The van der Waals surface area contributed by atoms with Crippen LogP contribution in [-0.4, -0.2) is 18.1 Å². The standard InChI is InChI=1S/C14H11F3N2O2/c1-21-12(20)5-3-9-6-10-11(19-9)4-2-8(7-18)13(10)14(15,16)17/h2,4,6,19H,3,5H2,1H3. The molecule has 1 heterocycles. The number of alkyl halides is 3. The Kier molecular flexibility index (Phi) is 3.89. The number of esters is 1. The van der Waals surface area contributed by atoms with Gasteiger partial charge in [-0.05, 0) is 24.6 Å². The number of carbonyl (C=O) groups excluding carboxylic acids is 1. The third-order valence-electron chi connectivity index (χ3n) is 3.09. The van der Waals surface area contributed by atoms with E-state index in [1.54, 1.807) is 6.07 Å². The highest BCUT2D eigenvalue weighted by atomic mass is 19.4. The summed E-state index contributed by atoms with van der Waals surface area (Å²) in [6, 6.07) is 5.43. The highest BCUT2D eigenvalue weighted by Gasteiger charge is 2.36. The van der Waals surface area contributed by atoms with Crippen molar-refractivity contribution in [2.45, 2.75) is 19.0 Å². The second-order valence-electron chi connectivity index (χ2n) is 4.43. The van der Waals surface area contributed by atoms with Crippen molar-refractivity contribution >= 4 is 16.9 Å². The average Bonchev–Trinajstić information content (AvgIpc) is 2.84. The number of ether oxygens (including phenoxy) is 1. The van der Waals surface area contributed by atoms with Crippen molar-refractivity contribution in [1.82, 2.24) is 4.98 Å². The van der Waals surface area contributed by atoms with Crippen LogP contribution in [0.2, 0.25) is 0 Å². The van der Waals surface area contributed by atoms with Crippen LogP contribution in [0.5, 0.6) is 0 Å². The summed E-state index contributed by atoms with van der Waals surface area (Å²) in [5.74, 6) is -0.442. The molecule has 0 amide bonds. The fraction of sp³-hybridized carbons (Fsp3) is 0.286. The molecule has 0 aliphatic rings. The second-order valence-corrected chi connectivity index (χ2v) is 4.43. The van der Waals surface area contributed by atoms with Crippen LogP contribution in [0, 0.1) is 11.3 Å². The molecule has 2 aromatic rings. The number of methoxy groups -OCH3 is 1. The van der Waals surface area contributed by atoms with Gasteiger partial charge in [0.25, 0.3) is 0 Å². The van der Waals surface area contributed by atoms with Gasteiger partial charge in [-0.1, -0.05) is 0 Å². The molecular formula is C14H11F3N2O2. The monoisotopic (exact) mass is 296 g/mol. The quantitative estimate of drug-likeness (QED) is 0.885. The Morgan fingerprint density at radius 2 is 2.14 bits per heavy atom. The average molecular weight is 296 g/mol. The van der Waals surface area contributed by atoms with E-state index in [2.05, 4.69) is 9.72 Å². The molecule has 0 radical (unpaired) electrons. The minimum Gasteiger partial charge on any atom is -0.469 e. The number of aromatic amines is 1. The van der Waals surface area contributed by atoms with Gasteiger partial charge < -0.3 is 9.72 Å². The van der Waals surface area contributed by atoms with Crippen molar-refractivity contribution in [1.29, 1.82) is 5.26 Å². The number of halogens is 3. The van der Waals surface area contributed by atoms with Crippen LogP contribution in [0.3, 0.4) is 0 Å². The molecule has 0 spiro atoms. The number of nitrogens with one attached hydrogen (secondary N) is 1. The number of nitrogens with zero attached hydrogens (tertiary/aromatic N) is 1. The van der Waals surface area contributed by atoms with Crippen molar-refractivity contribution < 1.29 is 22.7 Å². The molecule has 0 bridgehead atoms. The molecule has 0 aliphatic carbocycles. The van der Waals surface area contributed by atoms with E-state index in [-0.39, 0.29) is 23.7 Å². The van der Waals surface area contributed by atoms with E-state index >= 15 is 0 Å². The molecule has 4 nitrogen and oxygen atoms in total. The molecular weight excluding hydrogens is 285 g/mol. The lowest BCUT2D eigenvalue weighted by Gasteiger charge is -2.09.